The van der Waals surface area contributed by atoms with Crippen molar-refractivity contribution in [2.24, 2.45) is 0 Å². The van der Waals surface area contributed by atoms with Crippen LogP contribution >= 0.6 is 11.6 Å². The maximum absolute atomic E-state index is 10.8. The first kappa shape index (κ1) is 13.1. The fraction of sp³-hybridized carbons (Fsp3) is 0.500. The van der Waals surface area contributed by atoms with E-state index in [9.17, 15) is 10.1 Å². The van der Waals surface area contributed by atoms with Crippen LogP contribution in [0.4, 0.5) is 5.69 Å². The summed E-state index contributed by atoms with van der Waals surface area (Å²) in [5.41, 5.74) is -0.0467. The predicted octanol–water partition coefficient (Wildman–Crippen LogP) is 2.77. The Morgan fingerprint density at radius 2 is 2.28 bits per heavy atom. The van der Waals surface area contributed by atoms with Crippen molar-refractivity contribution in [2.75, 3.05) is 13.2 Å². The van der Waals surface area contributed by atoms with E-state index < -0.39 is 4.92 Å². The van der Waals surface area contributed by atoms with Crippen molar-refractivity contribution >= 4 is 17.3 Å². The van der Waals surface area contributed by atoms with Crippen LogP contribution < -0.4 is 10.1 Å². The predicted molar refractivity (Wildman–Crippen MR) is 69.2 cm³/mol. The molecule has 0 amide bonds. The van der Waals surface area contributed by atoms with Crippen LogP contribution in [-0.2, 0) is 0 Å². The fourth-order valence-electron chi connectivity index (χ4n) is 1.60. The second-order valence-corrected chi connectivity index (χ2v) is 4.74. The lowest BCUT2D eigenvalue weighted by molar-refractivity contribution is -0.385. The second-order valence-electron chi connectivity index (χ2n) is 4.30. The van der Waals surface area contributed by atoms with E-state index in [1.165, 1.54) is 31.0 Å². The van der Waals surface area contributed by atoms with Crippen molar-refractivity contribution in [1.82, 2.24) is 5.32 Å². The van der Waals surface area contributed by atoms with Gasteiger partial charge in [0.15, 0.2) is 5.75 Å². The van der Waals surface area contributed by atoms with Gasteiger partial charge in [0, 0.05) is 23.2 Å². The van der Waals surface area contributed by atoms with Gasteiger partial charge in [-0.3, -0.25) is 10.1 Å². The highest BCUT2D eigenvalue weighted by atomic mass is 35.5. The molecule has 2 rings (SSSR count). The minimum atomic E-state index is -0.464. The largest absolute Gasteiger partial charge is 0.487 e. The van der Waals surface area contributed by atoms with Crippen LogP contribution in [0.25, 0.3) is 0 Å². The third-order valence-electron chi connectivity index (χ3n) is 2.71. The molecule has 1 aliphatic carbocycles. The van der Waals surface area contributed by atoms with Gasteiger partial charge in [-0.05, 0) is 31.9 Å². The number of benzene rings is 1. The van der Waals surface area contributed by atoms with E-state index in [0.717, 1.165) is 13.0 Å². The number of nitro benzene ring substituents is 1. The molecule has 98 valence electrons. The molecule has 0 spiro atoms. The first-order valence-electron chi connectivity index (χ1n) is 5.97. The van der Waals surface area contributed by atoms with E-state index in [1.54, 1.807) is 0 Å². The minimum Gasteiger partial charge on any atom is -0.487 e. The molecule has 0 unspecified atom stereocenters. The van der Waals surface area contributed by atoms with E-state index >= 15 is 0 Å². The maximum Gasteiger partial charge on any atom is 0.311 e. The zero-order valence-corrected chi connectivity index (χ0v) is 10.7. The molecule has 1 saturated carbocycles. The molecule has 1 aromatic rings. The zero-order valence-electron chi connectivity index (χ0n) is 9.89. The van der Waals surface area contributed by atoms with Gasteiger partial charge in [0.05, 0.1) is 11.5 Å². The molecule has 0 aliphatic heterocycles. The van der Waals surface area contributed by atoms with Crippen molar-refractivity contribution in [3.63, 3.8) is 0 Å². The summed E-state index contributed by atoms with van der Waals surface area (Å²) >= 11 is 5.80. The van der Waals surface area contributed by atoms with Gasteiger partial charge in [0.25, 0.3) is 0 Å². The van der Waals surface area contributed by atoms with Gasteiger partial charge < -0.3 is 10.1 Å². The summed E-state index contributed by atoms with van der Waals surface area (Å²) in [4.78, 5) is 10.3. The number of halogens is 1. The van der Waals surface area contributed by atoms with Crippen LogP contribution in [0.1, 0.15) is 19.3 Å². The number of rotatable bonds is 7. The number of nitrogens with one attached hydrogen (secondary N) is 1. The summed E-state index contributed by atoms with van der Waals surface area (Å²) in [6.07, 6.45) is 3.32. The van der Waals surface area contributed by atoms with E-state index in [2.05, 4.69) is 5.32 Å². The average molecular weight is 271 g/mol. The number of hydrogen-bond donors (Lipinski definition) is 1. The summed E-state index contributed by atoms with van der Waals surface area (Å²) < 4.78 is 5.42. The van der Waals surface area contributed by atoms with Gasteiger partial charge in [0.2, 0.25) is 0 Å². The summed E-state index contributed by atoms with van der Waals surface area (Å²) in [6.45, 7) is 1.32. The Balaban J connectivity index is 1.82. The Bertz CT molecular complexity index is 435. The Hall–Kier alpha value is -1.33. The topological polar surface area (TPSA) is 64.4 Å². The van der Waals surface area contributed by atoms with Gasteiger partial charge in [-0.2, -0.15) is 0 Å². The Morgan fingerprint density at radius 3 is 2.94 bits per heavy atom. The van der Waals surface area contributed by atoms with Gasteiger partial charge in [0.1, 0.15) is 0 Å². The third kappa shape index (κ3) is 3.85. The first-order valence-corrected chi connectivity index (χ1v) is 6.35. The van der Waals surface area contributed by atoms with Gasteiger partial charge in [-0.1, -0.05) is 11.6 Å². The number of ether oxygens (including phenoxy) is 1. The smallest absolute Gasteiger partial charge is 0.311 e. The lowest BCUT2D eigenvalue weighted by Crippen LogP contribution is -2.19. The first-order chi connectivity index (χ1) is 8.66. The van der Waals surface area contributed by atoms with Gasteiger partial charge in [-0.15, -0.1) is 0 Å². The molecule has 0 heterocycles. The summed E-state index contributed by atoms with van der Waals surface area (Å²) in [6, 6.07) is 5.00. The van der Waals surface area contributed by atoms with Crippen molar-refractivity contribution < 1.29 is 9.66 Å². The van der Waals surface area contributed by atoms with Crippen LogP contribution in [0.15, 0.2) is 18.2 Å². The summed E-state index contributed by atoms with van der Waals surface area (Å²) in [5.74, 6) is 0.235. The quantitative estimate of drug-likeness (QED) is 0.470. The Morgan fingerprint density at radius 1 is 1.50 bits per heavy atom. The van der Waals surface area contributed by atoms with Crippen molar-refractivity contribution in [2.45, 2.75) is 25.3 Å². The molecule has 1 aromatic carbocycles. The van der Waals surface area contributed by atoms with Crippen LogP contribution in [-0.4, -0.2) is 24.1 Å². The standard InChI is InChI=1S/C12H15ClN2O3/c13-9-2-5-11(15(16)17)12(8-9)18-7-1-6-14-10-3-4-10/h2,5,8,10,14H,1,3-4,6-7H2. The number of hydrogen-bond acceptors (Lipinski definition) is 4. The highest BCUT2D eigenvalue weighted by Gasteiger charge is 2.19. The highest BCUT2D eigenvalue weighted by molar-refractivity contribution is 6.30. The van der Waals surface area contributed by atoms with E-state index in [4.69, 9.17) is 16.3 Å². The van der Waals surface area contributed by atoms with Crippen LogP contribution in [0.2, 0.25) is 5.02 Å². The monoisotopic (exact) mass is 270 g/mol. The molecule has 1 N–H and O–H groups in total. The number of nitrogens with zero attached hydrogens (tertiary/aromatic N) is 1. The second kappa shape index (κ2) is 6.02. The van der Waals surface area contributed by atoms with Crippen molar-refractivity contribution in [3.8, 4) is 5.75 Å². The van der Waals surface area contributed by atoms with Gasteiger partial charge >= 0.3 is 5.69 Å². The average Bonchev–Trinajstić information content (AvgIpc) is 3.12. The fourth-order valence-corrected chi connectivity index (χ4v) is 1.76. The molecule has 5 nitrogen and oxygen atoms in total. The maximum atomic E-state index is 10.8. The molecule has 1 fully saturated rings. The van der Waals surface area contributed by atoms with E-state index in [0.29, 0.717) is 17.7 Å². The minimum absolute atomic E-state index is 0.0467. The molecule has 0 bridgehead atoms. The molecule has 0 atom stereocenters. The number of nitro groups is 1. The van der Waals surface area contributed by atoms with Crippen molar-refractivity contribution in [3.05, 3.63) is 33.3 Å². The Kier molecular flexibility index (Phi) is 4.38. The highest BCUT2D eigenvalue weighted by Crippen LogP contribution is 2.29. The normalized spacial score (nSPS) is 14.5. The molecule has 6 heteroatoms. The zero-order chi connectivity index (χ0) is 13.0. The van der Waals surface area contributed by atoms with E-state index in [1.807, 2.05) is 0 Å². The summed E-state index contributed by atoms with van der Waals surface area (Å²) in [5, 5.41) is 14.6. The molecular weight excluding hydrogens is 256 g/mol. The van der Waals surface area contributed by atoms with Crippen molar-refractivity contribution in [1.29, 1.82) is 0 Å². The molecule has 1 aliphatic rings. The summed E-state index contributed by atoms with van der Waals surface area (Å²) in [7, 11) is 0. The molecule has 18 heavy (non-hydrogen) atoms. The van der Waals surface area contributed by atoms with Gasteiger partial charge in [-0.25, -0.2) is 0 Å². The SMILES string of the molecule is O=[N+]([O-])c1ccc(Cl)cc1OCCCNC1CC1. The Labute approximate surface area is 110 Å². The molecule has 0 aromatic heterocycles. The van der Waals surface area contributed by atoms with E-state index in [-0.39, 0.29) is 11.4 Å². The molecular formula is C12H15ClN2O3. The third-order valence-corrected chi connectivity index (χ3v) is 2.94. The van der Waals surface area contributed by atoms with Crippen LogP contribution in [0, 0.1) is 10.1 Å². The molecule has 0 saturated heterocycles. The lowest BCUT2D eigenvalue weighted by Gasteiger charge is -2.07. The van der Waals surface area contributed by atoms with Crippen LogP contribution in [0.3, 0.4) is 0 Å². The molecule has 0 radical (unpaired) electrons. The lowest BCUT2D eigenvalue weighted by atomic mass is 10.3. The van der Waals surface area contributed by atoms with Crippen LogP contribution in [0.5, 0.6) is 5.75 Å².